The van der Waals surface area contributed by atoms with Crippen molar-refractivity contribution in [1.29, 1.82) is 0 Å². The maximum absolute atomic E-state index is 12.1. The van der Waals surface area contributed by atoms with Gasteiger partial charge in [0, 0.05) is 6.54 Å². The van der Waals surface area contributed by atoms with Crippen LogP contribution in [0.5, 0.6) is 5.75 Å². The average molecular weight is 291 g/mol. The van der Waals surface area contributed by atoms with Crippen molar-refractivity contribution in [3.8, 4) is 5.75 Å². The molecule has 1 N–H and O–H groups in total. The average Bonchev–Trinajstić information content (AvgIpc) is 2.33. The van der Waals surface area contributed by atoms with Crippen molar-refractivity contribution in [2.24, 2.45) is 0 Å². The Morgan fingerprint density at radius 2 is 1.90 bits per heavy atom. The molecular weight excluding hydrogens is 275 g/mol. The van der Waals surface area contributed by atoms with Crippen molar-refractivity contribution in [2.45, 2.75) is 12.6 Å². The highest BCUT2D eigenvalue weighted by molar-refractivity contribution is 5.87. The van der Waals surface area contributed by atoms with Crippen molar-refractivity contribution < 1.29 is 27.8 Å². The van der Waals surface area contributed by atoms with E-state index in [1.807, 2.05) is 0 Å². The summed E-state index contributed by atoms with van der Waals surface area (Å²) in [4.78, 5) is 11.8. The summed E-state index contributed by atoms with van der Waals surface area (Å²) in [6.07, 6.45) is -3.74. The number of carbonyl (C=O) groups is 1. The van der Waals surface area contributed by atoms with E-state index in [2.05, 4.69) is 0 Å². The minimum Gasteiger partial charge on any atom is -0.494 e. The molecule has 112 valence electrons. The third-order valence-corrected chi connectivity index (χ3v) is 2.50. The number of carboxylic acids is 1. The van der Waals surface area contributed by atoms with E-state index in [1.165, 1.54) is 36.2 Å². The number of rotatable bonds is 7. The molecule has 7 heteroatoms. The van der Waals surface area contributed by atoms with Gasteiger partial charge in [-0.1, -0.05) is 0 Å². The van der Waals surface area contributed by atoms with Crippen LogP contribution in [0.3, 0.4) is 0 Å². The van der Waals surface area contributed by atoms with Crippen LogP contribution in [0.15, 0.2) is 24.3 Å². The van der Waals surface area contributed by atoms with Crippen LogP contribution in [0.1, 0.15) is 16.8 Å². The SMILES string of the molecule is CN(CCCOc1ccc(C(=O)O)cc1)CC(F)(F)F. The molecule has 0 saturated heterocycles. The Labute approximate surface area is 114 Å². The highest BCUT2D eigenvalue weighted by Gasteiger charge is 2.28. The van der Waals surface area contributed by atoms with Crippen molar-refractivity contribution in [3.05, 3.63) is 29.8 Å². The first-order valence-corrected chi connectivity index (χ1v) is 5.99. The van der Waals surface area contributed by atoms with Gasteiger partial charge < -0.3 is 9.84 Å². The third-order valence-electron chi connectivity index (χ3n) is 2.50. The second-order valence-electron chi connectivity index (χ2n) is 4.38. The number of aromatic carboxylic acids is 1. The van der Waals surface area contributed by atoms with E-state index in [-0.39, 0.29) is 18.7 Å². The van der Waals surface area contributed by atoms with Crippen LogP contribution in [0, 0.1) is 0 Å². The number of halogens is 3. The maximum Gasteiger partial charge on any atom is 0.401 e. The molecule has 0 spiro atoms. The summed E-state index contributed by atoms with van der Waals surface area (Å²) in [5.74, 6) is -0.529. The second kappa shape index (κ2) is 7.14. The van der Waals surface area contributed by atoms with E-state index in [0.29, 0.717) is 12.2 Å². The summed E-state index contributed by atoms with van der Waals surface area (Å²) in [6, 6.07) is 5.85. The lowest BCUT2D eigenvalue weighted by atomic mass is 10.2. The van der Waals surface area contributed by atoms with Gasteiger partial charge in [-0.15, -0.1) is 0 Å². The molecule has 0 aliphatic heterocycles. The fraction of sp³-hybridized carbons (Fsp3) is 0.462. The molecule has 0 heterocycles. The number of hydrogen-bond acceptors (Lipinski definition) is 3. The molecule has 0 amide bonds. The predicted molar refractivity (Wildman–Crippen MR) is 67.1 cm³/mol. The fourth-order valence-corrected chi connectivity index (χ4v) is 1.60. The second-order valence-corrected chi connectivity index (χ2v) is 4.38. The third kappa shape index (κ3) is 6.42. The monoisotopic (exact) mass is 291 g/mol. The molecule has 1 aromatic carbocycles. The van der Waals surface area contributed by atoms with Gasteiger partial charge in [0.2, 0.25) is 0 Å². The summed E-state index contributed by atoms with van der Waals surface area (Å²) in [5, 5.41) is 8.71. The first-order valence-electron chi connectivity index (χ1n) is 5.99. The molecule has 0 aromatic heterocycles. The van der Waals surface area contributed by atoms with E-state index >= 15 is 0 Å². The Hall–Kier alpha value is -1.76. The van der Waals surface area contributed by atoms with E-state index in [1.54, 1.807) is 0 Å². The standard InChI is InChI=1S/C13H16F3NO3/c1-17(9-13(14,15)16)7-2-8-20-11-5-3-10(4-6-11)12(18)19/h3-6H,2,7-9H2,1H3,(H,18,19). The summed E-state index contributed by atoms with van der Waals surface area (Å²) in [7, 11) is 1.40. The highest BCUT2D eigenvalue weighted by atomic mass is 19.4. The van der Waals surface area contributed by atoms with Crippen molar-refractivity contribution in [1.82, 2.24) is 4.90 Å². The van der Waals surface area contributed by atoms with E-state index in [0.717, 1.165) is 0 Å². The lowest BCUT2D eigenvalue weighted by Gasteiger charge is -2.18. The maximum atomic E-state index is 12.1. The summed E-state index contributed by atoms with van der Waals surface area (Å²) >= 11 is 0. The lowest BCUT2D eigenvalue weighted by molar-refractivity contribution is -0.143. The molecule has 0 saturated carbocycles. The van der Waals surface area contributed by atoms with Gasteiger partial charge in [-0.25, -0.2) is 4.79 Å². The molecule has 0 bridgehead atoms. The zero-order valence-electron chi connectivity index (χ0n) is 11.0. The van der Waals surface area contributed by atoms with Gasteiger partial charge in [-0.05, 0) is 37.7 Å². The van der Waals surface area contributed by atoms with Gasteiger partial charge in [-0.3, -0.25) is 4.90 Å². The van der Waals surface area contributed by atoms with Gasteiger partial charge >= 0.3 is 12.1 Å². The van der Waals surface area contributed by atoms with Gasteiger partial charge in [0.1, 0.15) is 5.75 Å². The van der Waals surface area contributed by atoms with Gasteiger partial charge in [0.05, 0.1) is 18.7 Å². The largest absolute Gasteiger partial charge is 0.494 e. The molecule has 0 fully saturated rings. The zero-order valence-corrected chi connectivity index (χ0v) is 11.0. The van der Waals surface area contributed by atoms with Crippen LogP contribution < -0.4 is 4.74 Å². The quantitative estimate of drug-likeness (QED) is 0.785. The lowest BCUT2D eigenvalue weighted by Crippen LogP contribution is -2.32. The van der Waals surface area contributed by atoms with Gasteiger partial charge in [-0.2, -0.15) is 13.2 Å². The molecule has 1 aromatic rings. The Kier molecular flexibility index (Phi) is 5.82. The smallest absolute Gasteiger partial charge is 0.401 e. The summed E-state index contributed by atoms with van der Waals surface area (Å²) < 4.78 is 41.5. The molecular formula is C13H16F3NO3. The van der Waals surface area contributed by atoms with Crippen LogP contribution in [0.4, 0.5) is 13.2 Å². The Morgan fingerprint density at radius 3 is 2.40 bits per heavy atom. The van der Waals surface area contributed by atoms with Crippen molar-refractivity contribution >= 4 is 5.97 Å². The molecule has 0 aliphatic carbocycles. The van der Waals surface area contributed by atoms with Crippen molar-refractivity contribution in [3.63, 3.8) is 0 Å². The molecule has 0 radical (unpaired) electrons. The molecule has 0 atom stereocenters. The Morgan fingerprint density at radius 1 is 1.30 bits per heavy atom. The highest BCUT2D eigenvalue weighted by Crippen LogP contribution is 2.16. The number of hydrogen-bond donors (Lipinski definition) is 1. The van der Waals surface area contributed by atoms with Crippen molar-refractivity contribution in [2.75, 3.05) is 26.7 Å². The number of alkyl halides is 3. The molecule has 0 unspecified atom stereocenters. The Balaban J connectivity index is 2.26. The van der Waals surface area contributed by atoms with E-state index in [9.17, 15) is 18.0 Å². The number of benzene rings is 1. The summed E-state index contributed by atoms with van der Waals surface area (Å²) in [5.41, 5.74) is 0.155. The van der Waals surface area contributed by atoms with Crippen LogP contribution in [0.2, 0.25) is 0 Å². The van der Waals surface area contributed by atoms with Gasteiger partial charge in [0.25, 0.3) is 0 Å². The fourth-order valence-electron chi connectivity index (χ4n) is 1.60. The first-order chi connectivity index (χ1) is 9.28. The van der Waals surface area contributed by atoms with Crippen LogP contribution in [-0.2, 0) is 0 Å². The van der Waals surface area contributed by atoms with E-state index in [4.69, 9.17) is 9.84 Å². The molecule has 1 rings (SSSR count). The number of carboxylic acid groups (broad SMARTS) is 1. The topological polar surface area (TPSA) is 49.8 Å². The summed E-state index contributed by atoms with van der Waals surface area (Å²) in [6.45, 7) is -0.401. The van der Waals surface area contributed by atoms with Gasteiger partial charge in [0.15, 0.2) is 0 Å². The normalized spacial score (nSPS) is 11.7. The van der Waals surface area contributed by atoms with Crippen LogP contribution >= 0.6 is 0 Å². The number of nitrogens with zero attached hydrogens (tertiary/aromatic N) is 1. The minimum atomic E-state index is -4.19. The molecule has 4 nitrogen and oxygen atoms in total. The van der Waals surface area contributed by atoms with Crippen LogP contribution in [-0.4, -0.2) is 48.9 Å². The molecule has 20 heavy (non-hydrogen) atoms. The first kappa shape index (κ1) is 16.3. The predicted octanol–water partition coefficient (Wildman–Crippen LogP) is 2.65. The number of ether oxygens (including phenoxy) is 1. The minimum absolute atomic E-state index is 0.155. The Bertz CT molecular complexity index is 431. The van der Waals surface area contributed by atoms with E-state index < -0.39 is 18.7 Å². The van der Waals surface area contributed by atoms with Crippen LogP contribution in [0.25, 0.3) is 0 Å². The zero-order chi connectivity index (χ0) is 15.2. The molecule has 0 aliphatic rings.